The molecule has 0 aliphatic carbocycles. The lowest BCUT2D eigenvalue weighted by Crippen LogP contribution is -2.29. The number of Topliss-reactive ketones (excluding diaryl/α,β-unsaturated/α-hetero) is 1. The summed E-state index contributed by atoms with van der Waals surface area (Å²) in [4.78, 5) is 47.5. The molecule has 0 bridgehead atoms. The SMILES string of the molecule is C=C1C=CC(=O)N1CCC(=O)CCCOCCOCC(=O)NCCCCC(C)C(N)=O. The monoisotopic (exact) mass is 437 g/mol. The number of carbonyl (C=O) groups excluding carboxylic acids is 4. The second kappa shape index (κ2) is 15.3. The number of ether oxygens (including phenoxy) is 2. The Balaban J connectivity index is 1.89. The molecule has 0 saturated heterocycles. The number of nitrogens with zero attached hydrogens (tertiary/aromatic N) is 1. The van der Waals surface area contributed by atoms with Crippen LogP contribution in [-0.4, -0.2) is 67.9 Å². The number of hydrogen-bond acceptors (Lipinski definition) is 6. The van der Waals surface area contributed by atoms with Crippen molar-refractivity contribution in [2.75, 3.05) is 39.5 Å². The highest BCUT2D eigenvalue weighted by atomic mass is 16.5. The number of primary amides is 1. The quantitative estimate of drug-likeness (QED) is 0.309. The first-order valence-corrected chi connectivity index (χ1v) is 10.7. The molecule has 0 saturated carbocycles. The average Bonchev–Trinajstić information content (AvgIpc) is 3.05. The molecular weight excluding hydrogens is 402 g/mol. The van der Waals surface area contributed by atoms with Crippen molar-refractivity contribution in [1.82, 2.24) is 10.2 Å². The highest BCUT2D eigenvalue weighted by molar-refractivity contribution is 5.93. The fourth-order valence-corrected chi connectivity index (χ4v) is 2.86. The number of nitrogens with one attached hydrogen (secondary N) is 1. The molecule has 9 nitrogen and oxygen atoms in total. The lowest BCUT2D eigenvalue weighted by atomic mass is 10.0. The van der Waals surface area contributed by atoms with Crippen LogP contribution < -0.4 is 11.1 Å². The summed E-state index contributed by atoms with van der Waals surface area (Å²) in [6.07, 6.45) is 6.70. The first-order valence-electron chi connectivity index (χ1n) is 10.7. The summed E-state index contributed by atoms with van der Waals surface area (Å²) in [7, 11) is 0. The van der Waals surface area contributed by atoms with Gasteiger partial charge in [-0.15, -0.1) is 0 Å². The van der Waals surface area contributed by atoms with Gasteiger partial charge in [0.25, 0.3) is 5.91 Å². The van der Waals surface area contributed by atoms with Crippen LogP contribution >= 0.6 is 0 Å². The molecule has 0 aromatic heterocycles. The summed E-state index contributed by atoms with van der Waals surface area (Å²) >= 11 is 0. The number of rotatable bonds is 18. The lowest BCUT2D eigenvalue weighted by molar-refractivity contribution is -0.127. The van der Waals surface area contributed by atoms with Gasteiger partial charge in [-0.25, -0.2) is 0 Å². The van der Waals surface area contributed by atoms with E-state index in [9.17, 15) is 19.2 Å². The predicted molar refractivity (Wildman–Crippen MR) is 116 cm³/mol. The molecule has 1 aliphatic rings. The first kappa shape index (κ1) is 26.5. The third-order valence-electron chi connectivity index (χ3n) is 4.87. The molecule has 0 spiro atoms. The Morgan fingerprint density at radius 3 is 2.52 bits per heavy atom. The summed E-state index contributed by atoms with van der Waals surface area (Å²) < 4.78 is 10.6. The van der Waals surface area contributed by atoms with Crippen LogP contribution in [0, 0.1) is 5.92 Å². The van der Waals surface area contributed by atoms with E-state index in [1.807, 2.05) is 0 Å². The van der Waals surface area contributed by atoms with Crippen molar-refractivity contribution in [3.8, 4) is 0 Å². The van der Waals surface area contributed by atoms with Crippen LogP contribution in [0.3, 0.4) is 0 Å². The van der Waals surface area contributed by atoms with E-state index < -0.39 is 0 Å². The van der Waals surface area contributed by atoms with Crippen LogP contribution in [0.1, 0.15) is 45.4 Å². The van der Waals surface area contributed by atoms with Crippen molar-refractivity contribution in [2.45, 2.75) is 45.4 Å². The highest BCUT2D eigenvalue weighted by Gasteiger charge is 2.19. The zero-order chi connectivity index (χ0) is 23.1. The van der Waals surface area contributed by atoms with Crippen molar-refractivity contribution in [3.63, 3.8) is 0 Å². The maximum atomic E-state index is 11.9. The molecular formula is C22H35N3O6. The summed E-state index contributed by atoms with van der Waals surface area (Å²) in [5.74, 6) is -0.692. The Hall–Kier alpha value is -2.52. The number of allylic oxidation sites excluding steroid dienone is 1. The normalized spacial score (nSPS) is 14.2. The van der Waals surface area contributed by atoms with Gasteiger partial charge in [0.1, 0.15) is 12.4 Å². The molecule has 0 aromatic carbocycles. The van der Waals surface area contributed by atoms with Crippen LogP contribution in [0.5, 0.6) is 0 Å². The fraction of sp³-hybridized carbons (Fsp3) is 0.636. The largest absolute Gasteiger partial charge is 0.379 e. The van der Waals surface area contributed by atoms with Gasteiger partial charge < -0.3 is 25.4 Å². The van der Waals surface area contributed by atoms with Crippen molar-refractivity contribution in [2.24, 2.45) is 11.7 Å². The van der Waals surface area contributed by atoms with Gasteiger partial charge in [-0.2, -0.15) is 0 Å². The van der Waals surface area contributed by atoms with Gasteiger partial charge in [-0.3, -0.25) is 19.2 Å². The Morgan fingerprint density at radius 2 is 1.84 bits per heavy atom. The summed E-state index contributed by atoms with van der Waals surface area (Å²) in [6.45, 7) is 7.48. The molecule has 3 N–H and O–H groups in total. The van der Waals surface area contributed by atoms with Gasteiger partial charge in [-0.1, -0.05) is 19.9 Å². The smallest absolute Gasteiger partial charge is 0.251 e. The van der Waals surface area contributed by atoms with Gasteiger partial charge in [0.2, 0.25) is 11.8 Å². The maximum absolute atomic E-state index is 11.9. The van der Waals surface area contributed by atoms with Gasteiger partial charge in [-0.05, 0) is 25.3 Å². The maximum Gasteiger partial charge on any atom is 0.251 e. The molecule has 1 unspecified atom stereocenters. The summed E-state index contributed by atoms with van der Waals surface area (Å²) in [5, 5.41) is 2.75. The van der Waals surface area contributed by atoms with E-state index in [2.05, 4.69) is 11.9 Å². The van der Waals surface area contributed by atoms with Gasteiger partial charge >= 0.3 is 0 Å². The standard InChI is InChI=1S/C22H35N3O6/c1-17(22(23)29)6-3-4-11-24-20(27)16-31-15-14-30-13-5-7-19(26)10-12-25-18(2)8-9-21(25)28/h8-9,17H,2-7,10-16H2,1H3,(H2,23,29)(H,24,27). The molecule has 0 aromatic rings. The van der Waals surface area contributed by atoms with Crippen LogP contribution in [0.15, 0.2) is 24.4 Å². The van der Waals surface area contributed by atoms with Gasteiger partial charge in [0.05, 0.1) is 13.2 Å². The average molecular weight is 438 g/mol. The Morgan fingerprint density at radius 1 is 1.10 bits per heavy atom. The van der Waals surface area contributed by atoms with Gasteiger partial charge in [0, 0.05) is 50.2 Å². The zero-order valence-corrected chi connectivity index (χ0v) is 18.4. The number of carbonyl (C=O) groups is 4. The van der Waals surface area contributed by atoms with E-state index in [1.165, 1.54) is 11.0 Å². The zero-order valence-electron chi connectivity index (χ0n) is 18.4. The van der Waals surface area contributed by atoms with Crippen LogP contribution in [0.25, 0.3) is 0 Å². The van der Waals surface area contributed by atoms with Crippen molar-refractivity contribution >= 4 is 23.5 Å². The molecule has 3 amide bonds. The molecule has 31 heavy (non-hydrogen) atoms. The number of unbranched alkanes of at least 4 members (excludes halogenated alkanes) is 1. The first-order chi connectivity index (χ1) is 14.8. The van der Waals surface area contributed by atoms with E-state index in [0.717, 1.165) is 19.3 Å². The van der Waals surface area contributed by atoms with Crippen molar-refractivity contribution in [1.29, 1.82) is 0 Å². The van der Waals surface area contributed by atoms with E-state index in [4.69, 9.17) is 15.2 Å². The molecule has 1 aliphatic heterocycles. The summed E-state index contributed by atoms with van der Waals surface area (Å²) in [6, 6.07) is 0. The Labute approximate surface area is 184 Å². The molecule has 1 atom stereocenters. The Bertz CT molecular complexity index is 644. The molecule has 174 valence electrons. The van der Waals surface area contributed by atoms with E-state index in [1.54, 1.807) is 13.0 Å². The summed E-state index contributed by atoms with van der Waals surface area (Å²) in [5.41, 5.74) is 5.81. The number of ketones is 1. The van der Waals surface area contributed by atoms with E-state index >= 15 is 0 Å². The van der Waals surface area contributed by atoms with Crippen molar-refractivity contribution < 1.29 is 28.7 Å². The third-order valence-corrected chi connectivity index (χ3v) is 4.87. The Kier molecular flexibility index (Phi) is 13.1. The third kappa shape index (κ3) is 12.0. The minimum atomic E-state index is -0.300. The second-order valence-electron chi connectivity index (χ2n) is 7.52. The number of amides is 3. The molecule has 1 heterocycles. The molecule has 1 rings (SSSR count). The molecule has 0 fully saturated rings. The van der Waals surface area contributed by atoms with Crippen LogP contribution in [0.4, 0.5) is 0 Å². The molecule has 0 radical (unpaired) electrons. The lowest BCUT2D eigenvalue weighted by Gasteiger charge is -2.16. The van der Waals surface area contributed by atoms with Crippen LogP contribution in [0.2, 0.25) is 0 Å². The highest BCUT2D eigenvalue weighted by Crippen LogP contribution is 2.13. The topological polar surface area (TPSA) is 128 Å². The number of nitrogens with two attached hydrogens (primary N) is 1. The van der Waals surface area contributed by atoms with Crippen LogP contribution in [-0.2, 0) is 28.7 Å². The second-order valence-corrected chi connectivity index (χ2v) is 7.52. The fourth-order valence-electron chi connectivity index (χ4n) is 2.86. The van der Waals surface area contributed by atoms with Gasteiger partial charge in [0.15, 0.2) is 0 Å². The molecule has 9 heteroatoms. The van der Waals surface area contributed by atoms with E-state index in [-0.39, 0.29) is 36.0 Å². The van der Waals surface area contributed by atoms with Crippen molar-refractivity contribution in [3.05, 3.63) is 24.4 Å². The minimum Gasteiger partial charge on any atom is -0.379 e. The predicted octanol–water partition coefficient (Wildman–Crippen LogP) is 1.08. The minimum absolute atomic E-state index is 0.0328. The number of hydrogen-bond donors (Lipinski definition) is 2. The van der Waals surface area contributed by atoms with E-state index in [0.29, 0.717) is 57.9 Å².